The molecule has 0 amide bonds. The van der Waals surface area contributed by atoms with Crippen molar-refractivity contribution in [3.63, 3.8) is 0 Å². The molecule has 13 heteroatoms. The van der Waals surface area contributed by atoms with Gasteiger partial charge in [-0.1, -0.05) is 6.07 Å². The van der Waals surface area contributed by atoms with E-state index in [9.17, 15) is 23.1 Å². The minimum absolute atomic E-state index is 0.0595. The van der Waals surface area contributed by atoms with Gasteiger partial charge < -0.3 is 20.1 Å². The first-order valence-corrected chi connectivity index (χ1v) is 10.7. The fourth-order valence-electron chi connectivity index (χ4n) is 3.75. The van der Waals surface area contributed by atoms with Gasteiger partial charge in [0, 0.05) is 19.3 Å². The molecule has 34 heavy (non-hydrogen) atoms. The molecule has 1 atom stereocenters. The number of fused-ring (bicyclic) bond motifs is 1. The second-order valence-electron chi connectivity index (χ2n) is 8.16. The number of aliphatic carboxylic acids is 1. The fraction of sp³-hybridized carbons (Fsp3) is 0.476. The molecule has 0 bridgehead atoms. The Balaban J connectivity index is 1.69. The molecule has 182 valence electrons. The molecule has 0 aliphatic carbocycles. The molecule has 2 N–H and O–H groups in total. The van der Waals surface area contributed by atoms with Gasteiger partial charge in [-0.3, -0.25) is 9.48 Å². The smallest absolute Gasteiger partial charge is 0.411 e. The Bertz CT molecular complexity index is 1180. The van der Waals surface area contributed by atoms with E-state index in [2.05, 4.69) is 25.4 Å². The minimum atomic E-state index is -4.41. The molecule has 4 heterocycles. The highest BCUT2D eigenvalue weighted by Crippen LogP contribution is 2.30. The number of rotatable bonds is 8. The molecule has 0 saturated carbocycles. The van der Waals surface area contributed by atoms with Crippen molar-refractivity contribution in [3.8, 4) is 0 Å². The van der Waals surface area contributed by atoms with Gasteiger partial charge in [0.15, 0.2) is 5.82 Å². The third-order valence-electron chi connectivity index (χ3n) is 5.44. The summed E-state index contributed by atoms with van der Waals surface area (Å²) in [4.78, 5) is 26.8. The summed E-state index contributed by atoms with van der Waals surface area (Å²) in [6.07, 6.45) is -2.24. The summed E-state index contributed by atoms with van der Waals surface area (Å²) in [6.45, 7) is 2.93. The lowest BCUT2D eigenvalue weighted by atomic mass is 10.1. The van der Waals surface area contributed by atoms with Crippen LogP contribution >= 0.6 is 0 Å². The summed E-state index contributed by atoms with van der Waals surface area (Å²) in [5, 5.41) is 16.9. The molecule has 1 aliphatic rings. The van der Waals surface area contributed by atoms with Crippen LogP contribution in [0.15, 0.2) is 18.3 Å². The molecule has 4 rings (SSSR count). The lowest BCUT2D eigenvalue weighted by Gasteiger charge is -2.18. The Labute approximate surface area is 192 Å². The zero-order valence-electron chi connectivity index (χ0n) is 18.6. The molecule has 3 aromatic rings. The molecule has 0 radical (unpaired) electrons. The van der Waals surface area contributed by atoms with Crippen molar-refractivity contribution in [3.05, 3.63) is 29.6 Å². The number of ether oxygens (including phenoxy) is 1. The fourth-order valence-corrected chi connectivity index (χ4v) is 3.75. The first-order chi connectivity index (χ1) is 16.1. The van der Waals surface area contributed by atoms with Crippen molar-refractivity contribution in [1.29, 1.82) is 0 Å². The highest BCUT2D eigenvalue weighted by Gasteiger charge is 2.31. The van der Waals surface area contributed by atoms with Crippen LogP contribution < -0.4 is 10.2 Å². The molecule has 3 aromatic heterocycles. The predicted molar refractivity (Wildman–Crippen MR) is 117 cm³/mol. The summed E-state index contributed by atoms with van der Waals surface area (Å²) in [5.74, 6) is -0.147. The molecule has 1 fully saturated rings. The van der Waals surface area contributed by atoms with Crippen LogP contribution in [0, 0.1) is 19.8 Å². The van der Waals surface area contributed by atoms with Crippen molar-refractivity contribution in [2.75, 3.05) is 36.5 Å². The van der Waals surface area contributed by atoms with Crippen molar-refractivity contribution < 1.29 is 27.8 Å². The number of nitrogens with zero attached hydrogens (tertiary/aromatic N) is 6. The van der Waals surface area contributed by atoms with E-state index >= 15 is 0 Å². The predicted octanol–water partition coefficient (Wildman–Crippen LogP) is 3.07. The average Bonchev–Trinajstić information content (AvgIpc) is 3.38. The van der Waals surface area contributed by atoms with Crippen LogP contribution in [0.4, 0.5) is 30.8 Å². The molecule has 0 aromatic carbocycles. The van der Waals surface area contributed by atoms with Crippen molar-refractivity contribution in [2.45, 2.75) is 33.0 Å². The largest absolute Gasteiger partial charge is 0.481 e. The molecule has 10 nitrogen and oxygen atoms in total. The van der Waals surface area contributed by atoms with Gasteiger partial charge in [0.1, 0.15) is 23.5 Å². The maximum Gasteiger partial charge on any atom is 0.411 e. The Morgan fingerprint density at radius 2 is 2.09 bits per heavy atom. The molecule has 1 aliphatic heterocycles. The number of carboxylic acids is 1. The maximum atomic E-state index is 12.4. The second-order valence-corrected chi connectivity index (χ2v) is 8.16. The third-order valence-corrected chi connectivity index (χ3v) is 5.44. The van der Waals surface area contributed by atoms with E-state index in [0.717, 1.165) is 5.56 Å². The Morgan fingerprint density at radius 1 is 1.29 bits per heavy atom. The highest BCUT2D eigenvalue weighted by atomic mass is 19.4. The monoisotopic (exact) mass is 479 g/mol. The number of hydrogen-bond acceptors (Lipinski definition) is 8. The number of anilines is 3. The first-order valence-electron chi connectivity index (χ1n) is 10.7. The number of hydrogen-bond donors (Lipinski definition) is 2. The van der Waals surface area contributed by atoms with E-state index < -0.39 is 24.7 Å². The summed E-state index contributed by atoms with van der Waals surface area (Å²) in [6, 6.07) is 3.65. The minimum Gasteiger partial charge on any atom is -0.481 e. The maximum absolute atomic E-state index is 12.4. The number of pyridine rings is 1. The van der Waals surface area contributed by atoms with E-state index in [4.69, 9.17) is 4.74 Å². The number of carbonyl (C=O) groups is 1. The van der Waals surface area contributed by atoms with Gasteiger partial charge in [-0.15, -0.1) is 0 Å². The van der Waals surface area contributed by atoms with Gasteiger partial charge in [-0.05, 0) is 31.9 Å². The summed E-state index contributed by atoms with van der Waals surface area (Å²) in [7, 11) is 0. The Kier molecular flexibility index (Phi) is 6.55. The van der Waals surface area contributed by atoms with Crippen LogP contribution in [0.3, 0.4) is 0 Å². The zero-order valence-corrected chi connectivity index (χ0v) is 18.6. The van der Waals surface area contributed by atoms with E-state index in [1.807, 2.05) is 13.0 Å². The number of carboxylic acid groups (broad SMARTS) is 1. The quantitative estimate of drug-likeness (QED) is 0.470. The molecule has 1 saturated heterocycles. The van der Waals surface area contributed by atoms with Crippen LogP contribution in [-0.4, -0.2) is 68.3 Å². The summed E-state index contributed by atoms with van der Waals surface area (Å²) < 4.78 is 43.5. The average molecular weight is 479 g/mol. The third kappa shape index (κ3) is 5.35. The molecule has 0 spiro atoms. The van der Waals surface area contributed by atoms with Crippen molar-refractivity contribution in [1.82, 2.24) is 24.7 Å². The van der Waals surface area contributed by atoms with E-state index in [1.54, 1.807) is 24.1 Å². The van der Waals surface area contributed by atoms with E-state index in [-0.39, 0.29) is 19.7 Å². The van der Waals surface area contributed by atoms with Gasteiger partial charge in [-0.2, -0.15) is 23.3 Å². The van der Waals surface area contributed by atoms with Gasteiger partial charge in [-0.25, -0.2) is 9.97 Å². The molecular formula is C21H24F3N7O3. The standard InChI is InChI=1S/C21H24F3N7O3/c1-12-3-4-15(25-9-12)26-18-17-16(13(2)29-31(17)7-8-34-11-21(22,23)24)27-20(28-18)30-6-5-14(10-30)19(32)33/h3-4,9,14H,5-8,10-11H2,1-2H3,(H,32,33)(H,25,26,27,28)/t14-/m1/s1. The molecule has 0 unspecified atom stereocenters. The van der Waals surface area contributed by atoms with Gasteiger partial charge >= 0.3 is 12.1 Å². The molecular weight excluding hydrogens is 455 g/mol. The zero-order chi connectivity index (χ0) is 24.5. The first kappa shape index (κ1) is 23.7. The number of aromatic nitrogens is 5. The van der Waals surface area contributed by atoms with Gasteiger partial charge in [0.05, 0.1) is 24.8 Å². The van der Waals surface area contributed by atoms with Crippen molar-refractivity contribution >= 4 is 34.6 Å². The number of alkyl halides is 3. The summed E-state index contributed by atoms with van der Waals surface area (Å²) in [5.41, 5.74) is 2.53. The summed E-state index contributed by atoms with van der Waals surface area (Å²) >= 11 is 0. The SMILES string of the molecule is Cc1ccc(Nc2nc(N3CC[C@@H](C(=O)O)C3)nc3c(C)nn(CCOCC(F)(F)F)c23)nc1. The van der Waals surface area contributed by atoms with E-state index in [0.29, 0.717) is 47.3 Å². The highest BCUT2D eigenvalue weighted by molar-refractivity contribution is 5.90. The second kappa shape index (κ2) is 9.41. The van der Waals surface area contributed by atoms with Gasteiger partial charge in [0.2, 0.25) is 5.95 Å². The van der Waals surface area contributed by atoms with Crippen LogP contribution in [-0.2, 0) is 16.1 Å². The van der Waals surface area contributed by atoms with Crippen molar-refractivity contribution in [2.24, 2.45) is 5.92 Å². The van der Waals surface area contributed by atoms with E-state index in [1.165, 1.54) is 4.68 Å². The van der Waals surface area contributed by atoms with Crippen LogP contribution in [0.5, 0.6) is 0 Å². The number of aryl methyl sites for hydroxylation is 2. The Hall–Kier alpha value is -3.48. The Morgan fingerprint density at radius 3 is 2.74 bits per heavy atom. The normalized spacial score (nSPS) is 16.4. The van der Waals surface area contributed by atoms with Crippen LogP contribution in [0.25, 0.3) is 11.0 Å². The number of nitrogens with one attached hydrogen (secondary N) is 1. The lowest BCUT2D eigenvalue weighted by Crippen LogP contribution is -2.25. The topological polar surface area (TPSA) is 118 Å². The lowest BCUT2D eigenvalue weighted by molar-refractivity contribution is -0.174. The van der Waals surface area contributed by atoms with Gasteiger partial charge in [0.25, 0.3) is 0 Å². The van der Waals surface area contributed by atoms with Crippen LogP contribution in [0.1, 0.15) is 17.7 Å². The van der Waals surface area contributed by atoms with Crippen LogP contribution in [0.2, 0.25) is 0 Å². The number of halogens is 3.